The highest BCUT2D eigenvalue weighted by atomic mass is 35.5. The molecule has 3 rings (SSSR count). The van der Waals surface area contributed by atoms with Crippen LogP contribution in [0.1, 0.15) is 28.7 Å². The number of Topliss-reactive ketones (excluding diaryl/α,β-unsaturated/α-hetero) is 1. The Balaban J connectivity index is 1.63. The molecule has 1 aromatic heterocycles. The van der Waals surface area contributed by atoms with E-state index in [1.54, 1.807) is 24.3 Å². The van der Waals surface area contributed by atoms with E-state index in [9.17, 15) is 4.79 Å². The van der Waals surface area contributed by atoms with Crippen molar-refractivity contribution in [3.05, 3.63) is 76.6 Å². The second-order valence-electron chi connectivity index (χ2n) is 5.26. The van der Waals surface area contributed by atoms with E-state index in [-0.39, 0.29) is 11.0 Å². The van der Waals surface area contributed by atoms with Gasteiger partial charge in [0.15, 0.2) is 5.78 Å². The zero-order valence-corrected chi connectivity index (χ0v) is 14.6. The predicted molar refractivity (Wildman–Crippen MR) is 94.6 cm³/mol. The first-order valence-corrected chi connectivity index (χ1v) is 8.70. The Morgan fingerprint density at radius 2 is 1.83 bits per heavy atom. The summed E-state index contributed by atoms with van der Waals surface area (Å²) >= 11 is 7.10. The van der Waals surface area contributed by atoms with Crippen molar-refractivity contribution in [2.24, 2.45) is 0 Å². The summed E-state index contributed by atoms with van der Waals surface area (Å²) in [5.74, 6) is 0.536. The molecular formula is C18H15ClN2O2S. The third-order valence-corrected chi connectivity index (χ3v) is 4.61. The van der Waals surface area contributed by atoms with Crippen molar-refractivity contribution < 1.29 is 9.21 Å². The van der Waals surface area contributed by atoms with E-state index in [4.69, 9.17) is 16.0 Å². The van der Waals surface area contributed by atoms with E-state index in [2.05, 4.69) is 10.2 Å². The summed E-state index contributed by atoms with van der Waals surface area (Å²) in [6, 6.07) is 16.7. The number of hydrogen-bond donors (Lipinski definition) is 0. The van der Waals surface area contributed by atoms with Crippen LogP contribution in [0.25, 0.3) is 0 Å². The van der Waals surface area contributed by atoms with Crippen LogP contribution in [-0.2, 0) is 6.42 Å². The second-order valence-corrected chi connectivity index (χ2v) is 6.98. The first-order valence-electron chi connectivity index (χ1n) is 7.44. The van der Waals surface area contributed by atoms with Gasteiger partial charge >= 0.3 is 0 Å². The van der Waals surface area contributed by atoms with Gasteiger partial charge in [-0.25, -0.2) is 0 Å². The Morgan fingerprint density at radius 3 is 2.54 bits per heavy atom. The van der Waals surface area contributed by atoms with Crippen LogP contribution in [0, 0.1) is 0 Å². The predicted octanol–water partition coefficient (Wildman–Crippen LogP) is 4.68. The standard InChI is InChI=1S/C18H15ClN2O2S/c1-12(17(22)14-7-9-15(19)10-8-14)24-18-21-20-16(23-18)11-13-5-3-2-4-6-13/h2-10,12H,11H2,1H3/t12-/m0/s1. The van der Waals surface area contributed by atoms with Gasteiger partial charge < -0.3 is 4.42 Å². The number of thioether (sulfide) groups is 1. The molecule has 0 aliphatic heterocycles. The van der Waals surface area contributed by atoms with E-state index in [1.165, 1.54) is 11.8 Å². The SMILES string of the molecule is C[C@H](Sc1nnc(Cc2ccccc2)o1)C(=O)c1ccc(Cl)cc1. The molecule has 0 unspecified atom stereocenters. The summed E-state index contributed by atoms with van der Waals surface area (Å²) in [5.41, 5.74) is 1.71. The lowest BCUT2D eigenvalue weighted by Crippen LogP contribution is -2.13. The lowest BCUT2D eigenvalue weighted by atomic mass is 10.1. The van der Waals surface area contributed by atoms with Crippen molar-refractivity contribution in [2.75, 3.05) is 0 Å². The summed E-state index contributed by atoms with van der Waals surface area (Å²) in [5, 5.41) is 8.74. The Hall–Kier alpha value is -2.11. The van der Waals surface area contributed by atoms with Crippen LogP contribution in [0.4, 0.5) is 0 Å². The molecule has 0 aliphatic carbocycles. The highest BCUT2D eigenvalue weighted by molar-refractivity contribution is 8.00. The summed E-state index contributed by atoms with van der Waals surface area (Å²) in [4.78, 5) is 12.4. The minimum atomic E-state index is -0.323. The van der Waals surface area contributed by atoms with Crippen LogP contribution in [0.15, 0.2) is 64.2 Å². The number of halogens is 1. The molecule has 0 spiro atoms. The fourth-order valence-electron chi connectivity index (χ4n) is 2.18. The molecule has 122 valence electrons. The molecule has 0 saturated carbocycles. The normalized spacial score (nSPS) is 12.1. The number of rotatable bonds is 6. The van der Waals surface area contributed by atoms with E-state index >= 15 is 0 Å². The third-order valence-electron chi connectivity index (χ3n) is 3.42. The first-order chi connectivity index (χ1) is 11.6. The van der Waals surface area contributed by atoms with Crippen LogP contribution in [0.5, 0.6) is 0 Å². The molecule has 0 radical (unpaired) electrons. The Morgan fingerprint density at radius 1 is 1.12 bits per heavy atom. The highest BCUT2D eigenvalue weighted by Gasteiger charge is 2.19. The number of aromatic nitrogens is 2. The van der Waals surface area contributed by atoms with Gasteiger partial charge in [-0.15, -0.1) is 10.2 Å². The largest absolute Gasteiger partial charge is 0.416 e. The number of carbonyl (C=O) groups is 1. The van der Waals surface area contributed by atoms with Crippen molar-refractivity contribution in [2.45, 2.75) is 23.8 Å². The molecule has 1 heterocycles. The molecule has 6 heteroatoms. The Labute approximate surface area is 149 Å². The van der Waals surface area contributed by atoms with Gasteiger partial charge in [-0.1, -0.05) is 53.7 Å². The maximum absolute atomic E-state index is 12.4. The van der Waals surface area contributed by atoms with Gasteiger partial charge in [0.2, 0.25) is 5.89 Å². The fraction of sp³-hybridized carbons (Fsp3) is 0.167. The number of nitrogens with zero attached hydrogens (tertiary/aromatic N) is 2. The van der Waals surface area contributed by atoms with E-state index in [0.29, 0.717) is 28.1 Å². The maximum atomic E-state index is 12.4. The molecule has 3 aromatic rings. The van der Waals surface area contributed by atoms with Crippen LogP contribution in [0.3, 0.4) is 0 Å². The number of hydrogen-bond acceptors (Lipinski definition) is 5. The second kappa shape index (κ2) is 7.64. The summed E-state index contributed by atoms with van der Waals surface area (Å²) in [6.07, 6.45) is 0.577. The van der Waals surface area contributed by atoms with Crippen LogP contribution in [-0.4, -0.2) is 21.2 Å². The smallest absolute Gasteiger partial charge is 0.277 e. The van der Waals surface area contributed by atoms with Gasteiger partial charge in [0.1, 0.15) is 0 Å². The zero-order chi connectivity index (χ0) is 16.9. The van der Waals surface area contributed by atoms with Crippen molar-refractivity contribution in [1.82, 2.24) is 10.2 Å². The quantitative estimate of drug-likeness (QED) is 0.473. The van der Waals surface area contributed by atoms with Crippen LogP contribution >= 0.6 is 23.4 Å². The van der Waals surface area contributed by atoms with Crippen molar-refractivity contribution in [1.29, 1.82) is 0 Å². The van der Waals surface area contributed by atoms with Crippen molar-refractivity contribution in [3.8, 4) is 0 Å². The first kappa shape index (κ1) is 16.7. The average molecular weight is 359 g/mol. The van der Waals surface area contributed by atoms with Gasteiger partial charge in [0, 0.05) is 10.6 Å². The van der Waals surface area contributed by atoms with E-state index in [0.717, 1.165) is 5.56 Å². The van der Waals surface area contributed by atoms with Crippen molar-refractivity contribution in [3.63, 3.8) is 0 Å². The Kier molecular flexibility index (Phi) is 5.33. The maximum Gasteiger partial charge on any atom is 0.277 e. The molecule has 0 bridgehead atoms. The number of benzene rings is 2. The number of carbonyl (C=O) groups excluding carboxylic acids is 1. The van der Waals surface area contributed by atoms with Gasteiger partial charge in [-0.05, 0) is 36.8 Å². The Bertz CT molecular complexity index is 819. The molecule has 0 fully saturated rings. The molecule has 24 heavy (non-hydrogen) atoms. The van der Waals surface area contributed by atoms with Gasteiger partial charge in [-0.2, -0.15) is 0 Å². The molecule has 0 amide bonds. The van der Waals surface area contributed by atoms with E-state index < -0.39 is 0 Å². The minimum absolute atomic E-state index is 0.000485. The summed E-state index contributed by atoms with van der Waals surface area (Å²) < 4.78 is 5.63. The molecule has 0 saturated heterocycles. The summed E-state index contributed by atoms with van der Waals surface area (Å²) in [7, 11) is 0. The van der Waals surface area contributed by atoms with Gasteiger partial charge in [-0.3, -0.25) is 4.79 Å². The minimum Gasteiger partial charge on any atom is -0.416 e. The van der Waals surface area contributed by atoms with Gasteiger partial charge in [0.05, 0.1) is 11.7 Å². The van der Waals surface area contributed by atoms with Gasteiger partial charge in [0.25, 0.3) is 5.22 Å². The molecule has 4 nitrogen and oxygen atoms in total. The summed E-state index contributed by atoms with van der Waals surface area (Å²) in [6.45, 7) is 1.82. The van der Waals surface area contributed by atoms with Crippen LogP contribution < -0.4 is 0 Å². The molecule has 0 aliphatic rings. The topological polar surface area (TPSA) is 56.0 Å². The molecule has 0 N–H and O–H groups in total. The molecular weight excluding hydrogens is 344 g/mol. The highest BCUT2D eigenvalue weighted by Crippen LogP contribution is 2.25. The third kappa shape index (κ3) is 4.24. The zero-order valence-electron chi connectivity index (χ0n) is 13.0. The average Bonchev–Trinajstić information content (AvgIpc) is 3.02. The monoisotopic (exact) mass is 358 g/mol. The lowest BCUT2D eigenvalue weighted by molar-refractivity contribution is 0.0993. The molecule has 2 aromatic carbocycles. The number of ketones is 1. The van der Waals surface area contributed by atoms with E-state index in [1.807, 2.05) is 37.3 Å². The van der Waals surface area contributed by atoms with Crippen molar-refractivity contribution >= 4 is 29.1 Å². The fourth-order valence-corrected chi connectivity index (χ4v) is 3.09. The lowest BCUT2D eigenvalue weighted by Gasteiger charge is -2.07. The van der Waals surface area contributed by atoms with Crippen LogP contribution in [0.2, 0.25) is 5.02 Å². The molecule has 1 atom stereocenters.